The van der Waals surface area contributed by atoms with Crippen LogP contribution in [0.4, 0.5) is 5.69 Å². The van der Waals surface area contributed by atoms with Gasteiger partial charge in [0.05, 0.1) is 18.1 Å². The van der Waals surface area contributed by atoms with Crippen molar-refractivity contribution >= 4 is 39.7 Å². The topological polar surface area (TPSA) is 102 Å². The molecule has 1 aromatic carbocycles. The summed E-state index contributed by atoms with van der Waals surface area (Å²) >= 11 is 5.80. The van der Waals surface area contributed by atoms with Crippen LogP contribution in [0.1, 0.15) is 20.3 Å². The predicted molar refractivity (Wildman–Crippen MR) is 99.5 cm³/mol. The molecular formula is C14H23Cl2N3O5S. The lowest BCUT2D eigenvalue weighted by Gasteiger charge is -2.18. The molecule has 25 heavy (non-hydrogen) atoms. The first kappa shape index (κ1) is 23.9. The van der Waals surface area contributed by atoms with Crippen molar-refractivity contribution < 1.29 is 18.1 Å². The molecular weight excluding hydrogens is 393 g/mol. The minimum atomic E-state index is -3.88. The second kappa shape index (κ2) is 10.8. The van der Waals surface area contributed by atoms with Crippen LogP contribution in [0.25, 0.3) is 0 Å². The van der Waals surface area contributed by atoms with Crippen molar-refractivity contribution in [3.63, 3.8) is 0 Å². The number of nitrogens with one attached hydrogen (secondary N) is 1. The molecule has 144 valence electrons. The van der Waals surface area contributed by atoms with Crippen LogP contribution in [0.5, 0.6) is 5.75 Å². The van der Waals surface area contributed by atoms with Gasteiger partial charge in [0, 0.05) is 6.54 Å². The van der Waals surface area contributed by atoms with Crippen LogP contribution < -0.4 is 9.46 Å². The van der Waals surface area contributed by atoms with Gasteiger partial charge in [0.1, 0.15) is 15.7 Å². The molecule has 0 unspecified atom stereocenters. The van der Waals surface area contributed by atoms with E-state index in [-0.39, 0.29) is 34.6 Å². The van der Waals surface area contributed by atoms with E-state index in [0.717, 1.165) is 31.8 Å². The number of sulfonamides is 1. The molecule has 0 aliphatic rings. The molecule has 0 fully saturated rings. The summed E-state index contributed by atoms with van der Waals surface area (Å²) in [5.41, 5.74) is -0.408. The Hall–Kier alpha value is -1.13. The highest BCUT2D eigenvalue weighted by atomic mass is 35.5. The lowest BCUT2D eigenvalue weighted by Crippen LogP contribution is -2.30. The number of nitrogens with zero attached hydrogens (tertiary/aromatic N) is 2. The summed E-state index contributed by atoms with van der Waals surface area (Å²) in [7, 11) is -2.64. The number of benzene rings is 1. The van der Waals surface area contributed by atoms with Crippen molar-refractivity contribution in [2.45, 2.75) is 25.2 Å². The molecule has 11 heteroatoms. The van der Waals surface area contributed by atoms with E-state index in [9.17, 15) is 18.5 Å². The first-order chi connectivity index (χ1) is 11.3. The summed E-state index contributed by atoms with van der Waals surface area (Å²) in [5, 5.41) is 10.6. The molecule has 1 rings (SSSR count). The Kier molecular flexibility index (Phi) is 10.3. The van der Waals surface area contributed by atoms with E-state index in [1.807, 2.05) is 13.8 Å². The third-order valence-electron chi connectivity index (χ3n) is 3.56. The maximum Gasteiger partial charge on any atom is 0.291 e. The fraction of sp³-hybridized carbons (Fsp3) is 0.571. The molecule has 0 bridgehead atoms. The second-order valence-corrected chi connectivity index (χ2v) is 7.13. The van der Waals surface area contributed by atoms with E-state index in [4.69, 9.17) is 16.3 Å². The lowest BCUT2D eigenvalue weighted by molar-refractivity contribution is -0.384. The maximum atomic E-state index is 12.4. The van der Waals surface area contributed by atoms with Gasteiger partial charge in [-0.3, -0.25) is 10.1 Å². The smallest absolute Gasteiger partial charge is 0.291 e. The van der Waals surface area contributed by atoms with Gasteiger partial charge in [-0.25, -0.2) is 13.1 Å². The van der Waals surface area contributed by atoms with Gasteiger partial charge in [-0.1, -0.05) is 25.4 Å². The molecule has 0 saturated carbocycles. The maximum absolute atomic E-state index is 12.4. The zero-order chi connectivity index (χ0) is 18.3. The van der Waals surface area contributed by atoms with Crippen LogP contribution in [0.15, 0.2) is 17.0 Å². The van der Waals surface area contributed by atoms with Crippen LogP contribution in [-0.4, -0.2) is 51.5 Å². The molecule has 0 radical (unpaired) electrons. The number of ether oxygens (including phenoxy) is 1. The normalized spacial score (nSPS) is 11.2. The summed E-state index contributed by atoms with van der Waals surface area (Å²) in [6.07, 6.45) is 0.643. The average molecular weight is 416 g/mol. The molecule has 0 aromatic heterocycles. The molecule has 8 nitrogen and oxygen atoms in total. The van der Waals surface area contributed by atoms with Gasteiger partial charge < -0.3 is 9.64 Å². The Balaban J connectivity index is 0.00000576. The van der Waals surface area contributed by atoms with Crippen molar-refractivity contribution in [1.29, 1.82) is 0 Å². The molecule has 0 saturated heterocycles. The Morgan fingerprint density at radius 2 is 1.92 bits per heavy atom. The molecule has 0 spiro atoms. The van der Waals surface area contributed by atoms with Gasteiger partial charge in [0.2, 0.25) is 10.0 Å². The van der Waals surface area contributed by atoms with E-state index in [0.29, 0.717) is 6.42 Å². The summed E-state index contributed by atoms with van der Waals surface area (Å²) in [6.45, 7) is 6.89. The monoisotopic (exact) mass is 415 g/mol. The summed E-state index contributed by atoms with van der Waals surface area (Å²) < 4.78 is 32.2. The van der Waals surface area contributed by atoms with Gasteiger partial charge in [0.25, 0.3) is 5.69 Å². The molecule has 1 aromatic rings. The van der Waals surface area contributed by atoms with Gasteiger partial charge in [0.15, 0.2) is 0 Å². The minimum Gasteiger partial charge on any atom is -0.495 e. The number of hydrogen-bond donors (Lipinski definition) is 1. The Morgan fingerprint density at radius 3 is 2.40 bits per heavy atom. The molecule has 0 aliphatic heterocycles. The van der Waals surface area contributed by atoms with Crippen LogP contribution in [0, 0.1) is 10.1 Å². The summed E-state index contributed by atoms with van der Waals surface area (Å²) in [6, 6.07) is 2.04. The van der Waals surface area contributed by atoms with Crippen molar-refractivity contribution in [2.75, 3.05) is 33.3 Å². The number of nitro benzene ring substituents is 1. The zero-order valence-electron chi connectivity index (χ0n) is 14.3. The highest BCUT2D eigenvalue weighted by Crippen LogP contribution is 2.34. The standard InChI is InChI=1S/C14H22ClN3O5S.ClH/c1-4-17(5-2)8-6-7-16-24(21,22)14-9-11(15)12(18(19)20)10-13(14)23-3;/h9-10,16H,4-8H2,1-3H3;1H. The number of rotatable bonds is 10. The van der Waals surface area contributed by atoms with Crippen LogP contribution in [0.2, 0.25) is 5.02 Å². The first-order valence-corrected chi connectivity index (χ1v) is 9.36. The Labute approximate surface area is 159 Å². The fourth-order valence-corrected chi connectivity index (χ4v) is 3.71. The van der Waals surface area contributed by atoms with Crippen molar-refractivity contribution in [2.24, 2.45) is 0 Å². The average Bonchev–Trinajstić information content (AvgIpc) is 2.54. The quantitative estimate of drug-likeness (QED) is 0.358. The lowest BCUT2D eigenvalue weighted by atomic mass is 10.3. The van der Waals surface area contributed by atoms with Gasteiger partial charge >= 0.3 is 0 Å². The minimum absolute atomic E-state index is 0. The SMILES string of the molecule is CCN(CC)CCCNS(=O)(=O)c1cc(Cl)c([N+](=O)[O-])cc1OC.Cl. The Bertz CT molecular complexity index is 681. The third kappa shape index (κ3) is 6.59. The molecule has 0 aliphatic carbocycles. The van der Waals surface area contributed by atoms with Gasteiger partial charge in [-0.15, -0.1) is 12.4 Å². The predicted octanol–water partition coefficient (Wildman–Crippen LogP) is 2.69. The molecule has 0 amide bonds. The highest BCUT2D eigenvalue weighted by Gasteiger charge is 2.25. The van der Waals surface area contributed by atoms with E-state index >= 15 is 0 Å². The van der Waals surface area contributed by atoms with Crippen LogP contribution in [0.3, 0.4) is 0 Å². The number of methoxy groups -OCH3 is 1. The van der Waals surface area contributed by atoms with Crippen molar-refractivity contribution in [3.8, 4) is 5.75 Å². The molecule has 0 heterocycles. The highest BCUT2D eigenvalue weighted by molar-refractivity contribution is 7.89. The van der Waals surface area contributed by atoms with Crippen molar-refractivity contribution in [3.05, 3.63) is 27.3 Å². The van der Waals surface area contributed by atoms with Crippen molar-refractivity contribution in [1.82, 2.24) is 9.62 Å². The van der Waals surface area contributed by atoms with E-state index < -0.39 is 20.6 Å². The molecule has 1 N–H and O–H groups in total. The third-order valence-corrected chi connectivity index (χ3v) is 5.34. The summed E-state index contributed by atoms with van der Waals surface area (Å²) in [5.74, 6) is -0.123. The number of hydrogen-bond acceptors (Lipinski definition) is 6. The summed E-state index contributed by atoms with van der Waals surface area (Å²) in [4.78, 5) is 12.1. The van der Waals surface area contributed by atoms with Crippen LogP contribution in [-0.2, 0) is 10.0 Å². The zero-order valence-corrected chi connectivity index (χ0v) is 16.7. The van der Waals surface area contributed by atoms with Gasteiger partial charge in [-0.2, -0.15) is 0 Å². The fourth-order valence-electron chi connectivity index (χ4n) is 2.16. The van der Waals surface area contributed by atoms with E-state index in [2.05, 4.69) is 9.62 Å². The number of nitro groups is 1. The number of halogens is 2. The van der Waals surface area contributed by atoms with Gasteiger partial charge in [-0.05, 0) is 32.1 Å². The first-order valence-electron chi connectivity index (χ1n) is 7.50. The van der Waals surface area contributed by atoms with E-state index in [1.54, 1.807) is 0 Å². The Morgan fingerprint density at radius 1 is 1.32 bits per heavy atom. The van der Waals surface area contributed by atoms with E-state index in [1.165, 1.54) is 7.11 Å². The largest absolute Gasteiger partial charge is 0.495 e. The van der Waals surface area contributed by atoms with Crippen LogP contribution >= 0.6 is 24.0 Å². The second-order valence-electron chi connectivity index (χ2n) is 4.99. The molecule has 0 atom stereocenters.